The molecule has 0 amide bonds. The smallest absolute Gasteiger partial charge is 0.371 e. The zero-order chi connectivity index (χ0) is 14.9. The molecule has 0 saturated carbocycles. The van der Waals surface area contributed by atoms with E-state index >= 15 is 0 Å². The summed E-state index contributed by atoms with van der Waals surface area (Å²) in [6.45, 7) is 0. The van der Waals surface area contributed by atoms with Crippen LogP contribution in [-0.2, 0) is 10.0 Å². The van der Waals surface area contributed by atoms with Crippen LogP contribution in [0.2, 0.25) is 0 Å². The molecule has 106 valence electrons. The van der Waals surface area contributed by atoms with Gasteiger partial charge in [0.2, 0.25) is 10.9 Å². The van der Waals surface area contributed by atoms with Crippen LogP contribution < -0.4 is 4.31 Å². The third-order valence-corrected chi connectivity index (χ3v) is 4.24. The van der Waals surface area contributed by atoms with Crippen LogP contribution in [0.25, 0.3) is 0 Å². The molecule has 1 aromatic heterocycles. The standard InChI is InChI=1S/C12H10FNO5S/c1-14(9-4-2-3-8(13)7-9)20(17,18)11-6-5-10(19-11)12(15)16/h2-7H,1H3,(H,15,16). The molecule has 6 nitrogen and oxygen atoms in total. The van der Waals surface area contributed by atoms with E-state index in [-0.39, 0.29) is 5.69 Å². The summed E-state index contributed by atoms with van der Waals surface area (Å²) in [4.78, 5) is 10.7. The molecule has 0 aliphatic rings. The average Bonchev–Trinajstić information content (AvgIpc) is 2.88. The van der Waals surface area contributed by atoms with E-state index in [1.165, 1.54) is 25.2 Å². The fraction of sp³-hybridized carbons (Fsp3) is 0.0833. The van der Waals surface area contributed by atoms with Crippen LogP contribution in [0.3, 0.4) is 0 Å². The Morgan fingerprint density at radius 1 is 1.30 bits per heavy atom. The molecule has 0 spiro atoms. The molecular weight excluding hydrogens is 289 g/mol. The van der Waals surface area contributed by atoms with Crippen LogP contribution in [0.1, 0.15) is 10.6 Å². The van der Waals surface area contributed by atoms with Crippen molar-refractivity contribution < 1.29 is 27.1 Å². The van der Waals surface area contributed by atoms with E-state index in [4.69, 9.17) is 9.52 Å². The minimum absolute atomic E-state index is 0.0956. The van der Waals surface area contributed by atoms with Gasteiger partial charge in [-0.15, -0.1) is 0 Å². The van der Waals surface area contributed by atoms with Gasteiger partial charge in [-0.1, -0.05) is 6.07 Å². The Morgan fingerprint density at radius 2 is 2.00 bits per heavy atom. The van der Waals surface area contributed by atoms with Crippen LogP contribution >= 0.6 is 0 Å². The molecule has 0 atom stereocenters. The zero-order valence-electron chi connectivity index (χ0n) is 10.3. The summed E-state index contributed by atoms with van der Waals surface area (Å²) in [7, 11) is -2.87. The number of carboxylic acid groups (broad SMARTS) is 1. The highest BCUT2D eigenvalue weighted by molar-refractivity contribution is 7.92. The fourth-order valence-corrected chi connectivity index (χ4v) is 2.62. The summed E-state index contributed by atoms with van der Waals surface area (Å²) in [5.74, 6) is -2.45. The monoisotopic (exact) mass is 299 g/mol. The number of benzene rings is 1. The summed E-state index contributed by atoms with van der Waals surface area (Å²) >= 11 is 0. The van der Waals surface area contributed by atoms with Crippen LogP contribution in [-0.4, -0.2) is 26.5 Å². The number of hydrogen-bond acceptors (Lipinski definition) is 4. The zero-order valence-corrected chi connectivity index (χ0v) is 11.1. The maximum atomic E-state index is 13.1. The first-order chi connectivity index (χ1) is 9.32. The van der Waals surface area contributed by atoms with Crippen molar-refractivity contribution >= 4 is 21.7 Å². The predicted octanol–water partition coefficient (Wildman–Crippen LogP) is 1.94. The van der Waals surface area contributed by atoms with Gasteiger partial charge in [-0.2, -0.15) is 8.42 Å². The average molecular weight is 299 g/mol. The van der Waals surface area contributed by atoms with E-state index in [2.05, 4.69) is 0 Å². The van der Waals surface area contributed by atoms with Gasteiger partial charge >= 0.3 is 5.97 Å². The Bertz CT molecular complexity index is 753. The number of hydrogen-bond donors (Lipinski definition) is 1. The quantitative estimate of drug-likeness (QED) is 0.932. The highest BCUT2D eigenvalue weighted by Gasteiger charge is 2.26. The van der Waals surface area contributed by atoms with E-state index in [1.54, 1.807) is 0 Å². The first kappa shape index (κ1) is 14.1. The van der Waals surface area contributed by atoms with Crippen molar-refractivity contribution in [3.63, 3.8) is 0 Å². The third kappa shape index (κ3) is 2.50. The van der Waals surface area contributed by atoms with E-state index < -0.39 is 32.7 Å². The summed E-state index contributed by atoms with van der Waals surface area (Å²) in [5, 5.41) is 8.18. The number of halogens is 1. The van der Waals surface area contributed by atoms with Gasteiger partial charge in [0.25, 0.3) is 10.0 Å². The highest BCUT2D eigenvalue weighted by atomic mass is 32.2. The molecule has 2 rings (SSSR count). The van der Waals surface area contributed by atoms with E-state index in [9.17, 15) is 17.6 Å². The van der Waals surface area contributed by atoms with Crippen LogP contribution in [0, 0.1) is 5.82 Å². The van der Waals surface area contributed by atoms with Crippen molar-refractivity contribution in [1.29, 1.82) is 0 Å². The van der Waals surface area contributed by atoms with Crippen molar-refractivity contribution in [2.24, 2.45) is 0 Å². The molecule has 0 fully saturated rings. The maximum Gasteiger partial charge on any atom is 0.371 e. The predicted molar refractivity (Wildman–Crippen MR) is 67.7 cm³/mol. The number of rotatable bonds is 4. The van der Waals surface area contributed by atoms with Gasteiger partial charge in [0.05, 0.1) is 5.69 Å². The molecule has 0 unspecified atom stereocenters. The molecular formula is C12H10FNO5S. The van der Waals surface area contributed by atoms with Crippen LogP contribution in [0.5, 0.6) is 0 Å². The Balaban J connectivity index is 2.41. The lowest BCUT2D eigenvalue weighted by atomic mass is 10.3. The van der Waals surface area contributed by atoms with Crippen molar-refractivity contribution in [3.8, 4) is 0 Å². The lowest BCUT2D eigenvalue weighted by Gasteiger charge is -2.17. The normalized spacial score (nSPS) is 11.3. The third-order valence-electron chi connectivity index (χ3n) is 2.58. The molecule has 0 aliphatic heterocycles. The van der Waals surface area contributed by atoms with E-state index in [1.807, 2.05) is 0 Å². The molecule has 20 heavy (non-hydrogen) atoms. The van der Waals surface area contributed by atoms with Crippen molar-refractivity contribution in [1.82, 2.24) is 0 Å². The molecule has 2 aromatic rings. The Kier molecular flexibility index (Phi) is 3.49. The number of anilines is 1. The summed E-state index contributed by atoms with van der Waals surface area (Å²) in [6.07, 6.45) is 0. The fourth-order valence-electron chi connectivity index (χ4n) is 1.52. The van der Waals surface area contributed by atoms with Gasteiger partial charge in [-0.3, -0.25) is 4.31 Å². The van der Waals surface area contributed by atoms with Crippen molar-refractivity contribution in [2.45, 2.75) is 5.09 Å². The molecule has 0 bridgehead atoms. The summed E-state index contributed by atoms with van der Waals surface area (Å²) < 4.78 is 43.1. The number of furan rings is 1. The second kappa shape index (κ2) is 4.97. The number of carbonyl (C=O) groups is 1. The first-order valence-corrected chi connectivity index (χ1v) is 6.84. The van der Waals surface area contributed by atoms with Gasteiger partial charge in [0.15, 0.2) is 0 Å². The molecule has 1 aromatic carbocycles. The molecule has 0 radical (unpaired) electrons. The molecule has 0 aliphatic carbocycles. The summed E-state index contributed by atoms with van der Waals surface area (Å²) in [6, 6.07) is 7.06. The minimum Gasteiger partial charge on any atom is -0.475 e. The van der Waals surface area contributed by atoms with Crippen molar-refractivity contribution in [2.75, 3.05) is 11.4 Å². The lowest BCUT2D eigenvalue weighted by molar-refractivity contribution is 0.0656. The van der Waals surface area contributed by atoms with Gasteiger partial charge in [0, 0.05) is 7.05 Å². The number of aromatic carboxylic acids is 1. The van der Waals surface area contributed by atoms with E-state index in [0.29, 0.717) is 0 Å². The van der Waals surface area contributed by atoms with Gasteiger partial charge < -0.3 is 9.52 Å². The Morgan fingerprint density at radius 3 is 2.55 bits per heavy atom. The van der Waals surface area contributed by atoms with Crippen LogP contribution in [0.4, 0.5) is 10.1 Å². The van der Waals surface area contributed by atoms with Gasteiger partial charge in [-0.05, 0) is 30.3 Å². The Labute approximate surface area is 114 Å². The van der Waals surface area contributed by atoms with E-state index in [0.717, 1.165) is 22.5 Å². The maximum absolute atomic E-state index is 13.1. The second-order valence-corrected chi connectivity index (χ2v) is 5.78. The molecule has 0 saturated heterocycles. The SMILES string of the molecule is CN(c1cccc(F)c1)S(=O)(=O)c1ccc(C(=O)O)o1. The number of sulfonamides is 1. The first-order valence-electron chi connectivity index (χ1n) is 5.40. The highest BCUT2D eigenvalue weighted by Crippen LogP contribution is 2.24. The lowest BCUT2D eigenvalue weighted by Crippen LogP contribution is -2.26. The molecule has 1 heterocycles. The Hall–Kier alpha value is -2.35. The minimum atomic E-state index is -4.08. The molecule has 1 N–H and O–H groups in total. The topological polar surface area (TPSA) is 87.8 Å². The summed E-state index contributed by atoms with van der Waals surface area (Å²) in [5.41, 5.74) is 0.0956. The molecule has 8 heteroatoms. The number of carboxylic acids is 1. The van der Waals surface area contributed by atoms with Gasteiger partial charge in [0.1, 0.15) is 5.82 Å². The largest absolute Gasteiger partial charge is 0.475 e. The van der Waals surface area contributed by atoms with Crippen molar-refractivity contribution in [3.05, 3.63) is 48.0 Å². The second-order valence-electron chi connectivity index (χ2n) is 3.88. The number of nitrogens with zero attached hydrogens (tertiary/aromatic N) is 1. The van der Waals surface area contributed by atoms with Gasteiger partial charge in [-0.25, -0.2) is 9.18 Å². The van der Waals surface area contributed by atoms with Crippen LogP contribution in [0.15, 0.2) is 45.9 Å².